The maximum absolute atomic E-state index is 13.1. The lowest BCUT2D eigenvalue weighted by Crippen LogP contribution is -1.99. The molecule has 1 aromatic rings. The maximum Gasteiger partial charge on any atom is 0.328 e. The number of carbonyl (C=O) groups is 1. The van der Waals surface area contributed by atoms with Crippen LogP contribution in [0.5, 0.6) is 5.75 Å². The summed E-state index contributed by atoms with van der Waals surface area (Å²) in [7, 11) is 0. The molecule has 0 atom stereocenters. The first-order valence-corrected chi connectivity index (χ1v) is 5.38. The molecule has 0 aliphatic heterocycles. The van der Waals surface area contributed by atoms with Crippen molar-refractivity contribution >= 4 is 11.5 Å². The Morgan fingerprint density at radius 2 is 2.24 bits per heavy atom. The number of hydrogen-bond acceptors (Lipinski definition) is 2. The number of carboxylic acid groups (broad SMARTS) is 1. The predicted octanol–water partition coefficient (Wildman–Crippen LogP) is 3.10. The van der Waals surface area contributed by atoms with E-state index in [2.05, 4.69) is 0 Å². The van der Waals surface area contributed by atoms with E-state index in [1.54, 1.807) is 6.92 Å². The minimum atomic E-state index is -1.06. The van der Waals surface area contributed by atoms with Crippen molar-refractivity contribution in [2.75, 3.05) is 6.61 Å². The van der Waals surface area contributed by atoms with Gasteiger partial charge in [-0.1, -0.05) is 6.92 Å². The van der Waals surface area contributed by atoms with Crippen LogP contribution >= 0.6 is 0 Å². The summed E-state index contributed by atoms with van der Waals surface area (Å²) in [6.45, 7) is 4.09. The lowest BCUT2D eigenvalue weighted by molar-refractivity contribution is -0.131. The van der Waals surface area contributed by atoms with Crippen LogP contribution in [-0.4, -0.2) is 17.7 Å². The van der Waals surface area contributed by atoms with Gasteiger partial charge in [0.2, 0.25) is 0 Å². The number of ether oxygens (including phenoxy) is 1. The molecule has 0 fully saturated rings. The summed E-state index contributed by atoms with van der Waals surface area (Å²) in [5, 5.41) is 8.67. The third kappa shape index (κ3) is 3.90. The monoisotopic (exact) mass is 238 g/mol. The van der Waals surface area contributed by atoms with E-state index in [1.807, 2.05) is 6.92 Å². The number of hydrogen-bond donors (Lipinski definition) is 1. The molecule has 1 aromatic carbocycles. The van der Waals surface area contributed by atoms with Gasteiger partial charge in [0.15, 0.2) is 0 Å². The van der Waals surface area contributed by atoms with Crippen molar-refractivity contribution in [3.8, 4) is 5.75 Å². The molecule has 0 unspecified atom stereocenters. The van der Waals surface area contributed by atoms with E-state index in [0.717, 1.165) is 12.5 Å². The number of halogens is 1. The van der Waals surface area contributed by atoms with Crippen LogP contribution in [0, 0.1) is 5.82 Å². The molecule has 0 heterocycles. The number of aliphatic carboxylic acids is 1. The summed E-state index contributed by atoms with van der Waals surface area (Å²) in [4.78, 5) is 10.6. The van der Waals surface area contributed by atoms with Crippen molar-refractivity contribution in [2.45, 2.75) is 20.3 Å². The minimum absolute atomic E-state index is 0.415. The topological polar surface area (TPSA) is 46.5 Å². The van der Waals surface area contributed by atoms with Gasteiger partial charge in [-0.25, -0.2) is 9.18 Å². The summed E-state index contributed by atoms with van der Waals surface area (Å²) in [5.41, 5.74) is 0.934. The van der Waals surface area contributed by atoms with E-state index in [9.17, 15) is 9.18 Å². The third-order valence-corrected chi connectivity index (χ3v) is 2.17. The fraction of sp³-hybridized carbons (Fsp3) is 0.308. The molecule has 17 heavy (non-hydrogen) atoms. The van der Waals surface area contributed by atoms with Crippen LogP contribution in [0.15, 0.2) is 24.3 Å². The molecule has 92 valence electrons. The molecule has 1 rings (SSSR count). The van der Waals surface area contributed by atoms with Crippen molar-refractivity contribution in [3.63, 3.8) is 0 Å². The normalized spacial score (nSPS) is 11.4. The van der Waals surface area contributed by atoms with Gasteiger partial charge in [-0.05, 0) is 37.1 Å². The quantitative estimate of drug-likeness (QED) is 0.802. The number of allylic oxidation sites excluding steroid dienone is 1. The highest BCUT2D eigenvalue weighted by Gasteiger charge is 2.08. The fourth-order valence-corrected chi connectivity index (χ4v) is 1.41. The molecule has 0 radical (unpaired) electrons. The Kier molecular flexibility index (Phi) is 4.69. The second kappa shape index (κ2) is 6.03. The highest BCUT2D eigenvalue weighted by molar-refractivity contribution is 5.90. The van der Waals surface area contributed by atoms with E-state index in [0.29, 0.717) is 23.5 Å². The first kappa shape index (κ1) is 13.2. The third-order valence-electron chi connectivity index (χ3n) is 2.17. The Hall–Kier alpha value is -1.84. The molecule has 0 saturated heterocycles. The first-order valence-electron chi connectivity index (χ1n) is 5.38. The zero-order chi connectivity index (χ0) is 12.8. The van der Waals surface area contributed by atoms with Crippen LogP contribution in [0.25, 0.3) is 5.57 Å². The molecule has 0 spiro atoms. The lowest BCUT2D eigenvalue weighted by atomic mass is 10.1. The van der Waals surface area contributed by atoms with Gasteiger partial charge in [0.1, 0.15) is 11.6 Å². The van der Waals surface area contributed by atoms with Gasteiger partial charge >= 0.3 is 5.97 Å². The maximum atomic E-state index is 13.1. The van der Waals surface area contributed by atoms with Crippen molar-refractivity contribution in [3.05, 3.63) is 35.7 Å². The molecule has 0 saturated carbocycles. The average Bonchev–Trinajstić information content (AvgIpc) is 2.26. The van der Waals surface area contributed by atoms with Crippen LogP contribution in [-0.2, 0) is 4.79 Å². The summed E-state index contributed by atoms with van der Waals surface area (Å²) < 4.78 is 18.6. The van der Waals surface area contributed by atoms with Crippen molar-refractivity contribution < 1.29 is 19.0 Å². The smallest absolute Gasteiger partial charge is 0.328 e. The highest BCUT2D eigenvalue weighted by atomic mass is 19.1. The molecule has 3 nitrogen and oxygen atoms in total. The van der Waals surface area contributed by atoms with E-state index in [1.165, 1.54) is 18.2 Å². The lowest BCUT2D eigenvalue weighted by Gasteiger charge is -2.11. The molecular weight excluding hydrogens is 223 g/mol. The van der Waals surface area contributed by atoms with Crippen molar-refractivity contribution in [1.29, 1.82) is 0 Å². The molecular formula is C13H15FO3. The largest absolute Gasteiger partial charge is 0.493 e. The minimum Gasteiger partial charge on any atom is -0.493 e. The predicted molar refractivity (Wildman–Crippen MR) is 63.5 cm³/mol. The van der Waals surface area contributed by atoms with E-state index in [4.69, 9.17) is 9.84 Å². The number of benzene rings is 1. The van der Waals surface area contributed by atoms with Crippen LogP contribution in [0.1, 0.15) is 25.8 Å². The molecule has 0 bridgehead atoms. The van der Waals surface area contributed by atoms with E-state index < -0.39 is 11.8 Å². The summed E-state index contributed by atoms with van der Waals surface area (Å²) in [6.07, 6.45) is 1.87. The van der Waals surface area contributed by atoms with Crippen LogP contribution < -0.4 is 4.74 Å². The standard InChI is InChI=1S/C13H15FO3/c1-3-6-17-12-5-4-10(14)8-11(12)9(2)7-13(15)16/h4-5,7-8H,3,6H2,1-2H3,(H,15,16)/b9-7+. The van der Waals surface area contributed by atoms with Gasteiger partial charge in [-0.3, -0.25) is 0 Å². The highest BCUT2D eigenvalue weighted by Crippen LogP contribution is 2.27. The Labute approximate surface area is 99.5 Å². The molecule has 4 heteroatoms. The number of rotatable bonds is 5. The van der Waals surface area contributed by atoms with Gasteiger partial charge < -0.3 is 9.84 Å². The SMILES string of the molecule is CCCOc1ccc(F)cc1/C(C)=C/C(=O)O. The van der Waals surface area contributed by atoms with Crippen LogP contribution in [0.2, 0.25) is 0 Å². The molecule has 0 aromatic heterocycles. The van der Waals surface area contributed by atoms with Gasteiger partial charge in [-0.15, -0.1) is 0 Å². The van der Waals surface area contributed by atoms with Gasteiger partial charge in [-0.2, -0.15) is 0 Å². The summed E-state index contributed by atoms with van der Waals surface area (Å²) >= 11 is 0. The molecule has 0 aliphatic carbocycles. The van der Waals surface area contributed by atoms with Gasteiger partial charge in [0.25, 0.3) is 0 Å². The second-order valence-corrected chi connectivity index (χ2v) is 3.65. The number of carboxylic acids is 1. The Balaban J connectivity index is 3.10. The van der Waals surface area contributed by atoms with Crippen LogP contribution in [0.3, 0.4) is 0 Å². The zero-order valence-corrected chi connectivity index (χ0v) is 9.87. The molecule has 0 aliphatic rings. The average molecular weight is 238 g/mol. The molecule has 1 N–H and O–H groups in total. The fourth-order valence-electron chi connectivity index (χ4n) is 1.41. The Morgan fingerprint density at radius 1 is 1.53 bits per heavy atom. The van der Waals surface area contributed by atoms with Gasteiger partial charge in [0, 0.05) is 11.6 Å². The summed E-state index contributed by atoms with van der Waals surface area (Å²) in [5.74, 6) is -0.974. The van der Waals surface area contributed by atoms with E-state index >= 15 is 0 Å². The summed E-state index contributed by atoms with van der Waals surface area (Å²) in [6, 6.07) is 4.09. The van der Waals surface area contributed by atoms with Crippen molar-refractivity contribution in [1.82, 2.24) is 0 Å². The Morgan fingerprint density at radius 3 is 2.82 bits per heavy atom. The van der Waals surface area contributed by atoms with E-state index in [-0.39, 0.29) is 0 Å². The Bertz CT molecular complexity index is 438. The first-order chi connectivity index (χ1) is 8.04. The van der Waals surface area contributed by atoms with Crippen molar-refractivity contribution in [2.24, 2.45) is 0 Å². The van der Waals surface area contributed by atoms with Gasteiger partial charge in [0.05, 0.1) is 6.61 Å². The van der Waals surface area contributed by atoms with Crippen LogP contribution in [0.4, 0.5) is 4.39 Å². The zero-order valence-electron chi connectivity index (χ0n) is 9.87. The molecule has 0 amide bonds. The second-order valence-electron chi connectivity index (χ2n) is 3.65.